The van der Waals surface area contributed by atoms with Crippen molar-refractivity contribution in [3.05, 3.63) is 29.3 Å². The molecule has 2 rings (SSSR count). The van der Waals surface area contributed by atoms with Gasteiger partial charge in [-0.3, -0.25) is 4.79 Å². The van der Waals surface area contributed by atoms with Gasteiger partial charge in [-0.1, -0.05) is 19.1 Å². The van der Waals surface area contributed by atoms with Crippen LogP contribution in [0.15, 0.2) is 18.2 Å². The Morgan fingerprint density at radius 2 is 2.12 bits per heavy atom. The molecule has 92 valence electrons. The van der Waals surface area contributed by atoms with Crippen molar-refractivity contribution in [3.63, 3.8) is 0 Å². The Morgan fingerprint density at radius 3 is 2.71 bits per heavy atom. The van der Waals surface area contributed by atoms with Crippen molar-refractivity contribution < 1.29 is 4.79 Å². The van der Waals surface area contributed by atoms with E-state index in [4.69, 9.17) is 0 Å². The fraction of sp³-hybridized carbons (Fsp3) is 0.500. The summed E-state index contributed by atoms with van der Waals surface area (Å²) in [6, 6.07) is 6.13. The van der Waals surface area contributed by atoms with Crippen LogP contribution in [0.5, 0.6) is 0 Å². The third-order valence-electron chi connectivity index (χ3n) is 3.58. The highest BCUT2D eigenvalue weighted by Gasteiger charge is 2.28. The van der Waals surface area contributed by atoms with Gasteiger partial charge in [-0.05, 0) is 50.0 Å². The molecular formula is C14H20N2O. The molecule has 17 heavy (non-hydrogen) atoms. The average molecular weight is 232 g/mol. The Bertz CT molecular complexity index is 424. The van der Waals surface area contributed by atoms with Gasteiger partial charge in [0.15, 0.2) is 0 Å². The lowest BCUT2D eigenvalue weighted by atomic mass is 9.88. The summed E-state index contributed by atoms with van der Waals surface area (Å²) in [6.45, 7) is 7.98. The summed E-state index contributed by atoms with van der Waals surface area (Å²) in [4.78, 5) is 12.1. The fourth-order valence-corrected chi connectivity index (χ4v) is 2.00. The number of hydrogen-bond acceptors (Lipinski definition) is 2. The van der Waals surface area contributed by atoms with Crippen LogP contribution in [0, 0.1) is 25.7 Å². The molecule has 1 aromatic carbocycles. The van der Waals surface area contributed by atoms with Crippen LogP contribution in [0.25, 0.3) is 0 Å². The molecule has 0 saturated carbocycles. The number of anilines is 1. The van der Waals surface area contributed by atoms with E-state index < -0.39 is 0 Å². The second-order valence-electron chi connectivity index (χ2n) is 5.01. The van der Waals surface area contributed by atoms with Crippen LogP contribution < -0.4 is 10.6 Å². The Kier molecular flexibility index (Phi) is 3.48. The first-order valence-corrected chi connectivity index (χ1v) is 6.17. The molecule has 3 nitrogen and oxygen atoms in total. The molecule has 1 heterocycles. The minimum Gasteiger partial charge on any atom is -0.326 e. The van der Waals surface area contributed by atoms with Gasteiger partial charge in [0.25, 0.3) is 0 Å². The van der Waals surface area contributed by atoms with Gasteiger partial charge in [-0.25, -0.2) is 0 Å². The molecule has 1 amide bonds. The highest BCUT2D eigenvalue weighted by molar-refractivity contribution is 5.93. The van der Waals surface area contributed by atoms with Crippen molar-refractivity contribution in [2.45, 2.75) is 20.8 Å². The standard InChI is InChI=1S/C14H20N2O/c1-9-4-5-10(2)13(6-9)16-14(17)11(3)12-7-15-8-12/h4-6,11-12,15H,7-8H2,1-3H3,(H,16,17). The van der Waals surface area contributed by atoms with Gasteiger partial charge < -0.3 is 10.6 Å². The van der Waals surface area contributed by atoms with Crippen LogP contribution in [-0.2, 0) is 4.79 Å². The molecule has 1 aliphatic heterocycles. The zero-order valence-corrected chi connectivity index (χ0v) is 10.7. The number of aryl methyl sites for hydroxylation is 2. The molecule has 1 atom stereocenters. The van der Waals surface area contributed by atoms with Gasteiger partial charge in [-0.2, -0.15) is 0 Å². The quantitative estimate of drug-likeness (QED) is 0.838. The Hall–Kier alpha value is -1.35. The van der Waals surface area contributed by atoms with Crippen LogP contribution in [0.1, 0.15) is 18.1 Å². The molecule has 3 heteroatoms. The molecule has 0 aromatic heterocycles. The predicted octanol–water partition coefficient (Wildman–Crippen LogP) is 2.10. The molecule has 0 radical (unpaired) electrons. The summed E-state index contributed by atoms with van der Waals surface area (Å²) >= 11 is 0. The molecule has 1 saturated heterocycles. The maximum Gasteiger partial charge on any atom is 0.227 e. The first-order valence-electron chi connectivity index (χ1n) is 6.17. The summed E-state index contributed by atoms with van der Waals surface area (Å²) in [5.74, 6) is 0.696. The molecular weight excluding hydrogens is 212 g/mol. The zero-order valence-electron chi connectivity index (χ0n) is 10.7. The SMILES string of the molecule is Cc1ccc(C)c(NC(=O)C(C)C2CNC2)c1. The van der Waals surface area contributed by atoms with Crippen LogP contribution >= 0.6 is 0 Å². The average Bonchev–Trinajstić information content (AvgIpc) is 2.21. The molecule has 0 spiro atoms. The summed E-state index contributed by atoms with van der Waals surface area (Å²) in [6.07, 6.45) is 0. The van der Waals surface area contributed by atoms with E-state index in [2.05, 4.69) is 16.7 Å². The van der Waals surface area contributed by atoms with E-state index in [0.29, 0.717) is 5.92 Å². The predicted molar refractivity (Wildman–Crippen MR) is 70.1 cm³/mol. The minimum atomic E-state index is 0.0798. The van der Waals surface area contributed by atoms with Crippen molar-refractivity contribution >= 4 is 11.6 Å². The van der Waals surface area contributed by atoms with Crippen LogP contribution in [0.4, 0.5) is 5.69 Å². The molecule has 1 aromatic rings. The maximum absolute atomic E-state index is 12.1. The maximum atomic E-state index is 12.1. The van der Waals surface area contributed by atoms with Crippen LogP contribution in [0.3, 0.4) is 0 Å². The number of amides is 1. The Balaban J connectivity index is 2.04. The van der Waals surface area contributed by atoms with Crippen molar-refractivity contribution in [1.29, 1.82) is 0 Å². The molecule has 0 aliphatic carbocycles. The van der Waals surface area contributed by atoms with Crippen LogP contribution in [0.2, 0.25) is 0 Å². The van der Waals surface area contributed by atoms with Crippen molar-refractivity contribution in [2.24, 2.45) is 11.8 Å². The zero-order chi connectivity index (χ0) is 12.4. The van der Waals surface area contributed by atoms with Crippen molar-refractivity contribution in [3.8, 4) is 0 Å². The highest BCUT2D eigenvalue weighted by atomic mass is 16.1. The van der Waals surface area contributed by atoms with Crippen molar-refractivity contribution in [1.82, 2.24) is 5.32 Å². The second kappa shape index (κ2) is 4.88. The topological polar surface area (TPSA) is 41.1 Å². The molecule has 2 N–H and O–H groups in total. The number of hydrogen-bond donors (Lipinski definition) is 2. The third kappa shape index (κ3) is 2.67. The lowest BCUT2D eigenvalue weighted by Crippen LogP contribution is -2.48. The Morgan fingerprint density at radius 1 is 1.41 bits per heavy atom. The Labute approximate surface area is 103 Å². The number of benzene rings is 1. The van der Waals surface area contributed by atoms with Crippen molar-refractivity contribution in [2.75, 3.05) is 18.4 Å². The van der Waals surface area contributed by atoms with E-state index >= 15 is 0 Å². The number of nitrogens with one attached hydrogen (secondary N) is 2. The summed E-state index contributed by atoms with van der Waals surface area (Å²) in [5.41, 5.74) is 3.22. The van der Waals surface area contributed by atoms with E-state index in [1.807, 2.05) is 32.9 Å². The van der Waals surface area contributed by atoms with Gasteiger partial charge in [0, 0.05) is 11.6 Å². The fourth-order valence-electron chi connectivity index (χ4n) is 2.00. The van der Waals surface area contributed by atoms with E-state index in [-0.39, 0.29) is 11.8 Å². The first kappa shape index (κ1) is 12.1. The molecule has 1 fully saturated rings. The van der Waals surface area contributed by atoms with Gasteiger partial charge in [-0.15, -0.1) is 0 Å². The van der Waals surface area contributed by atoms with Gasteiger partial charge >= 0.3 is 0 Å². The normalized spacial score (nSPS) is 17.4. The summed E-state index contributed by atoms with van der Waals surface area (Å²) in [7, 11) is 0. The molecule has 0 bridgehead atoms. The van der Waals surface area contributed by atoms with E-state index in [9.17, 15) is 4.79 Å². The number of rotatable bonds is 3. The first-order chi connectivity index (χ1) is 8.08. The van der Waals surface area contributed by atoms with E-state index in [1.54, 1.807) is 0 Å². The van der Waals surface area contributed by atoms with Gasteiger partial charge in [0.1, 0.15) is 0 Å². The van der Waals surface area contributed by atoms with Gasteiger partial charge in [0.2, 0.25) is 5.91 Å². The summed E-state index contributed by atoms with van der Waals surface area (Å²) in [5, 5.41) is 6.23. The van der Waals surface area contributed by atoms with E-state index in [0.717, 1.165) is 24.3 Å². The summed E-state index contributed by atoms with van der Waals surface area (Å²) < 4.78 is 0. The minimum absolute atomic E-state index is 0.0798. The molecule has 1 aliphatic rings. The highest BCUT2D eigenvalue weighted by Crippen LogP contribution is 2.21. The number of carbonyl (C=O) groups excluding carboxylic acids is 1. The van der Waals surface area contributed by atoms with Gasteiger partial charge in [0.05, 0.1) is 0 Å². The number of carbonyl (C=O) groups is 1. The lowest BCUT2D eigenvalue weighted by Gasteiger charge is -2.31. The largest absolute Gasteiger partial charge is 0.326 e. The van der Waals surface area contributed by atoms with E-state index in [1.165, 1.54) is 5.56 Å². The monoisotopic (exact) mass is 232 g/mol. The smallest absolute Gasteiger partial charge is 0.227 e. The van der Waals surface area contributed by atoms with Crippen LogP contribution in [-0.4, -0.2) is 19.0 Å². The molecule has 1 unspecified atom stereocenters. The second-order valence-corrected chi connectivity index (χ2v) is 5.01. The third-order valence-corrected chi connectivity index (χ3v) is 3.58. The lowest BCUT2D eigenvalue weighted by molar-refractivity contribution is -0.121.